The van der Waals surface area contributed by atoms with Crippen LogP contribution in [0.25, 0.3) is 0 Å². The van der Waals surface area contributed by atoms with Crippen LogP contribution in [0.4, 0.5) is 11.4 Å². The van der Waals surface area contributed by atoms with Crippen LogP contribution in [0.2, 0.25) is 0 Å². The zero-order valence-corrected chi connectivity index (χ0v) is 11.3. The molecule has 1 N–H and O–H groups in total. The number of carboxylic acid groups (broad SMARTS) is 1. The van der Waals surface area contributed by atoms with Crippen molar-refractivity contribution in [3.8, 4) is 0 Å². The lowest BCUT2D eigenvalue weighted by Gasteiger charge is -2.35. The van der Waals surface area contributed by atoms with E-state index in [1.807, 2.05) is 6.92 Å². The molecule has 0 aromatic carbocycles. The van der Waals surface area contributed by atoms with Crippen LogP contribution in [0.5, 0.6) is 0 Å². The third kappa shape index (κ3) is 2.19. The molecule has 0 radical (unpaired) electrons. The number of aromatic nitrogens is 1. The Bertz CT molecular complexity index is 534. The van der Waals surface area contributed by atoms with Crippen LogP contribution in [0.3, 0.4) is 0 Å². The number of nitrogens with zero attached hydrogens (tertiary/aromatic N) is 3. The van der Waals surface area contributed by atoms with E-state index >= 15 is 0 Å². The molecule has 2 rings (SSSR count). The van der Waals surface area contributed by atoms with Gasteiger partial charge in [-0.15, -0.1) is 0 Å². The molecular formula is C13H17N3O4. The lowest BCUT2D eigenvalue weighted by Crippen LogP contribution is -2.51. The van der Waals surface area contributed by atoms with Gasteiger partial charge in [-0.05, 0) is 25.3 Å². The minimum Gasteiger partial charge on any atom is -0.479 e. The molecule has 108 valence electrons. The van der Waals surface area contributed by atoms with E-state index in [1.165, 1.54) is 18.5 Å². The molecule has 1 atom stereocenters. The zero-order chi connectivity index (χ0) is 14.8. The van der Waals surface area contributed by atoms with Gasteiger partial charge in [0.05, 0.1) is 4.92 Å². The van der Waals surface area contributed by atoms with E-state index in [2.05, 4.69) is 4.98 Å². The Balaban J connectivity index is 2.50. The maximum Gasteiger partial charge on any atom is 0.329 e. The number of carboxylic acids is 1. The number of hydrogen-bond donors (Lipinski definition) is 1. The molecule has 0 saturated carbocycles. The summed E-state index contributed by atoms with van der Waals surface area (Å²) >= 11 is 0. The SMILES string of the molecule is CCCC1(C(=O)O)CCCN1c1ccncc1[N+](=O)[O-]. The lowest BCUT2D eigenvalue weighted by atomic mass is 9.90. The highest BCUT2D eigenvalue weighted by Gasteiger charge is 2.48. The molecule has 1 saturated heterocycles. The second kappa shape index (κ2) is 5.44. The van der Waals surface area contributed by atoms with E-state index in [4.69, 9.17) is 0 Å². The van der Waals surface area contributed by atoms with Gasteiger partial charge in [-0.3, -0.25) is 15.1 Å². The molecule has 1 aromatic heterocycles. The summed E-state index contributed by atoms with van der Waals surface area (Å²) in [6.45, 7) is 2.43. The van der Waals surface area contributed by atoms with Gasteiger partial charge in [0.25, 0.3) is 0 Å². The molecule has 20 heavy (non-hydrogen) atoms. The molecular weight excluding hydrogens is 262 g/mol. The second-order valence-electron chi connectivity index (χ2n) is 4.96. The smallest absolute Gasteiger partial charge is 0.329 e. The van der Waals surface area contributed by atoms with Gasteiger partial charge in [-0.2, -0.15) is 0 Å². The highest BCUT2D eigenvalue weighted by Crippen LogP contribution is 2.41. The van der Waals surface area contributed by atoms with Crippen molar-refractivity contribution in [1.29, 1.82) is 0 Å². The fourth-order valence-electron chi connectivity index (χ4n) is 2.98. The highest BCUT2D eigenvalue weighted by molar-refractivity contribution is 5.85. The second-order valence-corrected chi connectivity index (χ2v) is 4.96. The summed E-state index contributed by atoms with van der Waals surface area (Å²) in [7, 11) is 0. The van der Waals surface area contributed by atoms with E-state index in [0.717, 1.165) is 0 Å². The number of nitro groups is 1. The molecule has 0 aliphatic carbocycles. The third-order valence-corrected chi connectivity index (χ3v) is 3.82. The van der Waals surface area contributed by atoms with Crippen molar-refractivity contribution in [2.45, 2.75) is 38.1 Å². The van der Waals surface area contributed by atoms with Crippen molar-refractivity contribution < 1.29 is 14.8 Å². The Morgan fingerprint density at radius 2 is 2.40 bits per heavy atom. The summed E-state index contributed by atoms with van der Waals surface area (Å²) in [5, 5.41) is 20.7. The van der Waals surface area contributed by atoms with Gasteiger partial charge in [0.2, 0.25) is 0 Å². The van der Waals surface area contributed by atoms with Crippen molar-refractivity contribution in [2.75, 3.05) is 11.4 Å². The van der Waals surface area contributed by atoms with Crippen molar-refractivity contribution in [1.82, 2.24) is 4.98 Å². The minimum atomic E-state index is -1.04. The Morgan fingerprint density at radius 1 is 1.65 bits per heavy atom. The molecule has 1 aromatic rings. The molecule has 7 heteroatoms. The standard InChI is InChI=1S/C13H17N3O4/c1-2-5-13(12(17)18)6-3-8-15(13)10-4-7-14-9-11(10)16(19)20/h4,7,9H,2-3,5-6,8H2,1H3,(H,17,18). The van der Waals surface area contributed by atoms with Crippen LogP contribution in [0.15, 0.2) is 18.5 Å². The molecule has 1 aliphatic rings. The summed E-state index contributed by atoms with van der Waals surface area (Å²) < 4.78 is 0. The average Bonchev–Trinajstić information content (AvgIpc) is 2.84. The maximum absolute atomic E-state index is 11.8. The summed E-state index contributed by atoms with van der Waals surface area (Å²) in [6.07, 6.45) is 5.04. The van der Waals surface area contributed by atoms with Crippen LogP contribution < -0.4 is 4.90 Å². The van der Waals surface area contributed by atoms with Crippen LogP contribution in [0.1, 0.15) is 32.6 Å². The zero-order valence-electron chi connectivity index (χ0n) is 11.3. The number of hydrogen-bond acceptors (Lipinski definition) is 5. The normalized spacial score (nSPS) is 21.9. The van der Waals surface area contributed by atoms with Crippen LogP contribution in [-0.2, 0) is 4.79 Å². The first-order valence-corrected chi connectivity index (χ1v) is 6.62. The van der Waals surface area contributed by atoms with Crippen LogP contribution in [-0.4, -0.2) is 33.1 Å². The Morgan fingerprint density at radius 3 is 3.00 bits per heavy atom. The number of pyridine rings is 1. The first kappa shape index (κ1) is 14.2. The molecule has 1 aliphatic heterocycles. The molecule has 2 heterocycles. The van der Waals surface area contributed by atoms with Crippen LogP contribution >= 0.6 is 0 Å². The van der Waals surface area contributed by atoms with E-state index in [1.54, 1.807) is 4.90 Å². The molecule has 0 amide bonds. The van der Waals surface area contributed by atoms with Crippen LogP contribution in [0, 0.1) is 10.1 Å². The van der Waals surface area contributed by atoms with E-state index in [-0.39, 0.29) is 5.69 Å². The van der Waals surface area contributed by atoms with Crippen molar-refractivity contribution in [2.24, 2.45) is 0 Å². The Kier molecular flexibility index (Phi) is 3.87. The molecule has 0 bridgehead atoms. The van der Waals surface area contributed by atoms with E-state index < -0.39 is 16.4 Å². The molecule has 1 unspecified atom stereocenters. The van der Waals surface area contributed by atoms with Gasteiger partial charge < -0.3 is 10.0 Å². The quantitative estimate of drug-likeness (QED) is 0.655. The summed E-state index contributed by atoms with van der Waals surface area (Å²) in [5.74, 6) is -0.914. The van der Waals surface area contributed by atoms with Gasteiger partial charge in [0.1, 0.15) is 17.4 Å². The third-order valence-electron chi connectivity index (χ3n) is 3.82. The largest absolute Gasteiger partial charge is 0.479 e. The number of carbonyl (C=O) groups is 1. The van der Waals surface area contributed by atoms with Gasteiger partial charge in [-0.25, -0.2) is 4.79 Å². The van der Waals surface area contributed by atoms with Crippen molar-refractivity contribution in [3.05, 3.63) is 28.6 Å². The lowest BCUT2D eigenvalue weighted by molar-refractivity contribution is -0.384. The van der Waals surface area contributed by atoms with Gasteiger partial charge in [0, 0.05) is 12.7 Å². The monoisotopic (exact) mass is 279 g/mol. The first-order valence-electron chi connectivity index (χ1n) is 6.62. The van der Waals surface area contributed by atoms with Gasteiger partial charge in [-0.1, -0.05) is 13.3 Å². The predicted octanol–water partition coefficient (Wildman–Crippen LogP) is 2.21. The van der Waals surface area contributed by atoms with Gasteiger partial charge >= 0.3 is 11.7 Å². The summed E-state index contributed by atoms with van der Waals surface area (Å²) in [4.78, 5) is 27.8. The Hall–Kier alpha value is -2.18. The minimum absolute atomic E-state index is 0.142. The first-order chi connectivity index (χ1) is 9.53. The molecule has 1 fully saturated rings. The fourth-order valence-corrected chi connectivity index (χ4v) is 2.98. The molecule has 7 nitrogen and oxygen atoms in total. The van der Waals surface area contributed by atoms with E-state index in [0.29, 0.717) is 37.9 Å². The van der Waals surface area contributed by atoms with E-state index in [9.17, 15) is 20.0 Å². The van der Waals surface area contributed by atoms with Gasteiger partial charge in [0.15, 0.2) is 0 Å². The Labute approximate surface area is 116 Å². The topological polar surface area (TPSA) is 96.6 Å². The maximum atomic E-state index is 11.8. The highest BCUT2D eigenvalue weighted by atomic mass is 16.6. The summed E-state index contributed by atoms with van der Waals surface area (Å²) in [5.41, 5.74) is -0.838. The number of aliphatic carboxylic acids is 1. The molecule has 0 spiro atoms. The fraction of sp³-hybridized carbons (Fsp3) is 0.538. The number of anilines is 1. The average molecular weight is 279 g/mol. The predicted molar refractivity (Wildman–Crippen MR) is 72.7 cm³/mol. The summed E-state index contributed by atoms with van der Waals surface area (Å²) in [6, 6.07) is 1.52. The van der Waals surface area contributed by atoms with Crippen molar-refractivity contribution >= 4 is 17.3 Å². The van der Waals surface area contributed by atoms with Crippen molar-refractivity contribution in [3.63, 3.8) is 0 Å². The number of rotatable bonds is 5.